The number of hydrogen-bond acceptors (Lipinski definition) is 4. The summed E-state index contributed by atoms with van der Waals surface area (Å²) in [7, 11) is 0. The van der Waals surface area contributed by atoms with E-state index in [9.17, 15) is 14.0 Å². The molecule has 1 aromatic rings. The largest absolute Gasteiger partial charge is 0.443 e. The van der Waals surface area contributed by atoms with Gasteiger partial charge in [0.1, 0.15) is 11.4 Å². The number of urea groups is 1. The molecule has 0 saturated heterocycles. The molecule has 0 fully saturated rings. The highest BCUT2D eigenvalue weighted by molar-refractivity contribution is 5.99. The molecule has 0 aromatic heterocycles. The quantitative estimate of drug-likeness (QED) is 0.898. The second-order valence-corrected chi connectivity index (χ2v) is 5.36. The minimum Gasteiger partial charge on any atom is -0.443 e. The van der Waals surface area contributed by atoms with E-state index in [1.54, 1.807) is 20.8 Å². The Morgan fingerprint density at radius 3 is 2.33 bits per heavy atom. The summed E-state index contributed by atoms with van der Waals surface area (Å²) >= 11 is 0. The smallest absolute Gasteiger partial charge is 0.418 e. The van der Waals surface area contributed by atoms with Gasteiger partial charge in [0.15, 0.2) is 0 Å². The Morgan fingerprint density at radius 1 is 1.29 bits per heavy atom. The molecule has 1 rings (SSSR count). The third-order valence-corrected chi connectivity index (χ3v) is 2.31. The Bertz CT molecular complexity index is 497. The molecule has 0 unspecified atom stereocenters. The third kappa shape index (κ3) is 5.78. The third-order valence-electron chi connectivity index (χ3n) is 2.31. The lowest BCUT2D eigenvalue weighted by Crippen LogP contribution is -2.45. The fraction of sp³-hybridized carbons (Fsp3) is 0.429. The molecule has 3 N–H and O–H groups in total. The van der Waals surface area contributed by atoms with Crippen molar-refractivity contribution >= 4 is 17.8 Å². The van der Waals surface area contributed by atoms with E-state index in [4.69, 9.17) is 10.5 Å². The molecule has 0 aliphatic rings. The molecular weight excluding hydrogens is 277 g/mol. The van der Waals surface area contributed by atoms with Crippen LogP contribution in [0.5, 0.6) is 0 Å². The minimum absolute atomic E-state index is 0.0158. The van der Waals surface area contributed by atoms with Crippen molar-refractivity contribution in [3.63, 3.8) is 0 Å². The second kappa shape index (κ2) is 7.03. The summed E-state index contributed by atoms with van der Waals surface area (Å²) in [6.45, 7) is 5.22. The van der Waals surface area contributed by atoms with Crippen molar-refractivity contribution in [2.24, 2.45) is 5.73 Å². The molecule has 7 heteroatoms. The van der Waals surface area contributed by atoms with E-state index in [-0.39, 0.29) is 13.1 Å². The summed E-state index contributed by atoms with van der Waals surface area (Å²) in [5.41, 5.74) is 5.05. The predicted molar refractivity (Wildman–Crippen MR) is 77.4 cm³/mol. The number of nitrogens with zero attached hydrogens (tertiary/aromatic N) is 1. The number of rotatable bonds is 3. The zero-order valence-corrected chi connectivity index (χ0v) is 12.4. The molecule has 0 bridgehead atoms. The van der Waals surface area contributed by atoms with Crippen molar-refractivity contribution in [2.75, 3.05) is 18.4 Å². The van der Waals surface area contributed by atoms with Crippen LogP contribution in [-0.2, 0) is 4.74 Å². The number of halogens is 1. The molecular formula is C14H20FN3O3. The average Bonchev–Trinajstić information content (AvgIpc) is 2.36. The zero-order valence-electron chi connectivity index (χ0n) is 12.4. The highest BCUT2D eigenvalue weighted by atomic mass is 19.1. The Labute approximate surface area is 123 Å². The summed E-state index contributed by atoms with van der Waals surface area (Å²) in [5.74, 6) is -0.418. The van der Waals surface area contributed by atoms with Crippen LogP contribution in [0.3, 0.4) is 0 Å². The summed E-state index contributed by atoms with van der Waals surface area (Å²) in [4.78, 5) is 24.9. The number of nitrogens with two attached hydrogens (primary N) is 1. The Morgan fingerprint density at radius 2 is 1.86 bits per heavy atom. The average molecular weight is 297 g/mol. The number of anilines is 1. The SMILES string of the molecule is CC(C)(C)OC(=O)N(CCN)C(=O)Nc1ccc(F)cc1. The maximum absolute atomic E-state index is 12.8. The first-order chi connectivity index (χ1) is 9.73. The van der Waals surface area contributed by atoms with E-state index in [2.05, 4.69) is 5.32 Å². The van der Waals surface area contributed by atoms with Crippen molar-refractivity contribution < 1.29 is 18.7 Å². The fourth-order valence-corrected chi connectivity index (χ4v) is 1.45. The van der Waals surface area contributed by atoms with Crippen LogP contribution in [0.1, 0.15) is 20.8 Å². The van der Waals surface area contributed by atoms with Gasteiger partial charge in [-0.05, 0) is 45.0 Å². The van der Waals surface area contributed by atoms with Crippen LogP contribution < -0.4 is 11.1 Å². The van der Waals surface area contributed by atoms with Gasteiger partial charge in [0.05, 0.1) is 0 Å². The number of imide groups is 1. The number of amides is 3. The second-order valence-electron chi connectivity index (χ2n) is 5.36. The minimum atomic E-state index is -0.785. The summed E-state index contributed by atoms with van der Waals surface area (Å²) in [6.07, 6.45) is -0.785. The van der Waals surface area contributed by atoms with Gasteiger partial charge in [-0.1, -0.05) is 0 Å². The number of hydrogen-bond donors (Lipinski definition) is 2. The summed E-state index contributed by atoms with van der Waals surface area (Å²) in [6, 6.07) is 4.51. The molecule has 3 amide bonds. The van der Waals surface area contributed by atoms with Gasteiger partial charge in [0, 0.05) is 18.8 Å². The van der Waals surface area contributed by atoms with E-state index < -0.39 is 23.5 Å². The first-order valence-corrected chi connectivity index (χ1v) is 6.50. The maximum atomic E-state index is 12.8. The number of benzene rings is 1. The molecule has 6 nitrogen and oxygen atoms in total. The van der Waals surface area contributed by atoms with Crippen LogP contribution in [0, 0.1) is 5.82 Å². The fourth-order valence-electron chi connectivity index (χ4n) is 1.45. The monoisotopic (exact) mass is 297 g/mol. The van der Waals surface area contributed by atoms with Crippen LogP contribution in [0.2, 0.25) is 0 Å². The Kier molecular flexibility index (Phi) is 5.66. The number of carbonyl (C=O) groups excluding carboxylic acids is 2. The van der Waals surface area contributed by atoms with Gasteiger partial charge in [-0.15, -0.1) is 0 Å². The summed E-state index contributed by atoms with van der Waals surface area (Å²) in [5, 5.41) is 2.48. The van der Waals surface area contributed by atoms with Crippen LogP contribution in [0.4, 0.5) is 19.7 Å². The zero-order chi connectivity index (χ0) is 16.0. The normalized spacial score (nSPS) is 10.9. The van der Waals surface area contributed by atoms with Crippen molar-refractivity contribution in [3.05, 3.63) is 30.1 Å². The van der Waals surface area contributed by atoms with Crippen LogP contribution in [0.25, 0.3) is 0 Å². The molecule has 0 saturated carbocycles. The van der Waals surface area contributed by atoms with Crippen molar-refractivity contribution in [3.8, 4) is 0 Å². The van der Waals surface area contributed by atoms with Gasteiger partial charge >= 0.3 is 12.1 Å². The van der Waals surface area contributed by atoms with Gasteiger partial charge in [0.2, 0.25) is 0 Å². The molecule has 116 valence electrons. The van der Waals surface area contributed by atoms with E-state index in [1.807, 2.05) is 0 Å². The Hall–Kier alpha value is -2.15. The number of ether oxygens (including phenoxy) is 1. The molecule has 0 atom stereocenters. The van der Waals surface area contributed by atoms with E-state index in [0.717, 1.165) is 4.90 Å². The highest BCUT2D eigenvalue weighted by Gasteiger charge is 2.26. The van der Waals surface area contributed by atoms with Gasteiger partial charge < -0.3 is 15.8 Å². The molecule has 0 radical (unpaired) electrons. The molecule has 21 heavy (non-hydrogen) atoms. The van der Waals surface area contributed by atoms with Crippen molar-refractivity contribution in [1.29, 1.82) is 0 Å². The van der Waals surface area contributed by atoms with Gasteiger partial charge in [-0.25, -0.2) is 18.9 Å². The molecule has 0 spiro atoms. The molecule has 0 heterocycles. The van der Waals surface area contributed by atoms with Crippen LogP contribution in [0.15, 0.2) is 24.3 Å². The maximum Gasteiger partial charge on any atom is 0.418 e. The first kappa shape index (κ1) is 16.9. The van der Waals surface area contributed by atoms with Crippen LogP contribution in [-0.4, -0.2) is 35.7 Å². The topological polar surface area (TPSA) is 84.7 Å². The first-order valence-electron chi connectivity index (χ1n) is 6.50. The van der Waals surface area contributed by atoms with Crippen molar-refractivity contribution in [1.82, 2.24) is 4.90 Å². The summed E-state index contributed by atoms with van der Waals surface area (Å²) < 4.78 is 17.9. The Balaban J connectivity index is 2.77. The van der Waals surface area contributed by atoms with Gasteiger partial charge in [-0.3, -0.25) is 0 Å². The lowest BCUT2D eigenvalue weighted by atomic mass is 10.2. The number of nitrogens with one attached hydrogen (secondary N) is 1. The lowest BCUT2D eigenvalue weighted by Gasteiger charge is -2.26. The molecule has 0 aliphatic heterocycles. The van der Waals surface area contributed by atoms with E-state index >= 15 is 0 Å². The van der Waals surface area contributed by atoms with E-state index in [0.29, 0.717) is 5.69 Å². The molecule has 1 aromatic carbocycles. The van der Waals surface area contributed by atoms with Gasteiger partial charge in [0.25, 0.3) is 0 Å². The number of carbonyl (C=O) groups is 2. The molecule has 0 aliphatic carbocycles. The van der Waals surface area contributed by atoms with Gasteiger partial charge in [-0.2, -0.15) is 0 Å². The van der Waals surface area contributed by atoms with E-state index in [1.165, 1.54) is 24.3 Å². The standard InChI is InChI=1S/C14H20FN3O3/c1-14(2,3)21-13(20)18(9-8-16)12(19)17-11-6-4-10(15)5-7-11/h4-7H,8-9,16H2,1-3H3,(H,17,19). The lowest BCUT2D eigenvalue weighted by molar-refractivity contribution is 0.0337. The predicted octanol–water partition coefficient (Wildman–Crippen LogP) is 2.55. The van der Waals surface area contributed by atoms with Crippen molar-refractivity contribution in [2.45, 2.75) is 26.4 Å². The highest BCUT2D eigenvalue weighted by Crippen LogP contribution is 2.12. The van der Waals surface area contributed by atoms with Crippen LogP contribution >= 0.6 is 0 Å².